The van der Waals surface area contributed by atoms with E-state index in [9.17, 15) is 0 Å². The minimum Gasteiger partial charge on any atom is -0.496 e. The number of aromatic nitrogens is 1. The quantitative estimate of drug-likeness (QED) is 0.596. The Balaban J connectivity index is 2.28. The smallest absolute Gasteiger partial charge is 0.229 e. The third-order valence-electron chi connectivity index (χ3n) is 5.03. The van der Waals surface area contributed by atoms with Crippen molar-refractivity contribution in [2.24, 2.45) is 0 Å². The van der Waals surface area contributed by atoms with Crippen LogP contribution >= 0.6 is 12.2 Å². The van der Waals surface area contributed by atoms with E-state index in [1.807, 2.05) is 24.3 Å². The fourth-order valence-electron chi connectivity index (χ4n) is 3.41. The van der Waals surface area contributed by atoms with Crippen LogP contribution in [0, 0.1) is 0 Å². The van der Waals surface area contributed by atoms with E-state index in [2.05, 4.69) is 31.2 Å². The van der Waals surface area contributed by atoms with Gasteiger partial charge in [0.2, 0.25) is 5.88 Å². The summed E-state index contributed by atoms with van der Waals surface area (Å²) in [5.74, 6) is 1.81. The fourth-order valence-corrected chi connectivity index (χ4v) is 3.71. The molecule has 142 valence electrons. The Labute approximate surface area is 161 Å². The van der Waals surface area contributed by atoms with Gasteiger partial charge in [0.05, 0.1) is 25.5 Å². The molecule has 1 aromatic heterocycles. The molecule has 1 heterocycles. The minimum absolute atomic E-state index is 0.0436. The standard InChI is InChI=1S/C20H28N2O3S/c1-6-12-20(7-2,8-3)16-13-17(25-22-16)21-19(26)18-14(23-4)10-9-11-15(18)24-5/h9-11,13H,6-8,12H2,1-5H3,(H,21,26). The first-order valence-electron chi connectivity index (χ1n) is 9.04. The number of hydrogen-bond donors (Lipinski definition) is 1. The number of thiocarbonyl (C=S) groups is 1. The van der Waals surface area contributed by atoms with Crippen LogP contribution in [0.4, 0.5) is 5.88 Å². The molecule has 0 aliphatic heterocycles. The van der Waals surface area contributed by atoms with E-state index in [0.717, 1.165) is 31.4 Å². The van der Waals surface area contributed by atoms with Gasteiger partial charge in [0.15, 0.2) is 0 Å². The highest BCUT2D eigenvalue weighted by atomic mass is 32.1. The second kappa shape index (κ2) is 9.03. The van der Waals surface area contributed by atoms with Crippen molar-refractivity contribution < 1.29 is 14.0 Å². The highest BCUT2D eigenvalue weighted by molar-refractivity contribution is 7.81. The molecule has 0 unspecified atom stereocenters. The summed E-state index contributed by atoms with van der Waals surface area (Å²) >= 11 is 5.56. The zero-order valence-corrected chi connectivity index (χ0v) is 17.0. The van der Waals surface area contributed by atoms with Gasteiger partial charge in [-0.15, -0.1) is 0 Å². The highest BCUT2D eigenvalue weighted by Gasteiger charge is 2.31. The molecule has 0 saturated heterocycles. The molecule has 0 aliphatic carbocycles. The summed E-state index contributed by atoms with van der Waals surface area (Å²) in [5, 5.41) is 7.45. The van der Waals surface area contributed by atoms with E-state index in [1.54, 1.807) is 14.2 Å². The number of rotatable bonds is 9. The number of ether oxygens (including phenoxy) is 2. The first kappa shape index (κ1) is 20.2. The Morgan fingerprint density at radius 3 is 2.27 bits per heavy atom. The van der Waals surface area contributed by atoms with Gasteiger partial charge in [0.25, 0.3) is 0 Å². The maximum Gasteiger partial charge on any atom is 0.229 e. The van der Waals surface area contributed by atoms with Crippen molar-refractivity contribution >= 4 is 23.1 Å². The second-order valence-electron chi connectivity index (χ2n) is 6.31. The second-order valence-corrected chi connectivity index (χ2v) is 6.71. The third kappa shape index (κ3) is 4.01. The van der Waals surface area contributed by atoms with Crippen LogP contribution in [-0.4, -0.2) is 24.4 Å². The molecule has 0 aliphatic rings. The lowest BCUT2D eigenvalue weighted by Gasteiger charge is -2.28. The van der Waals surface area contributed by atoms with E-state index >= 15 is 0 Å². The summed E-state index contributed by atoms with van der Waals surface area (Å²) in [6.45, 7) is 6.60. The number of nitrogens with zero attached hydrogens (tertiary/aromatic N) is 1. The van der Waals surface area contributed by atoms with Gasteiger partial charge in [-0.05, 0) is 31.4 Å². The summed E-state index contributed by atoms with van der Waals surface area (Å²) < 4.78 is 16.4. The molecule has 0 bridgehead atoms. The van der Waals surface area contributed by atoms with Gasteiger partial charge in [-0.25, -0.2) is 0 Å². The summed E-state index contributed by atoms with van der Waals surface area (Å²) in [6, 6.07) is 7.50. The van der Waals surface area contributed by atoms with E-state index < -0.39 is 0 Å². The Kier molecular flexibility index (Phi) is 7.03. The topological polar surface area (TPSA) is 56.5 Å². The van der Waals surface area contributed by atoms with Gasteiger partial charge in [-0.2, -0.15) is 0 Å². The van der Waals surface area contributed by atoms with Crippen LogP contribution in [0.2, 0.25) is 0 Å². The maximum absolute atomic E-state index is 5.56. The first-order valence-corrected chi connectivity index (χ1v) is 9.45. The van der Waals surface area contributed by atoms with Gasteiger partial charge in [-0.1, -0.05) is 50.6 Å². The van der Waals surface area contributed by atoms with Crippen LogP contribution in [-0.2, 0) is 5.41 Å². The molecule has 0 fully saturated rings. The third-order valence-corrected chi connectivity index (χ3v) is 5.33. The Morgan fingerprint density at radius 2 is 1.77 bits per heavy atom. The molecule has 5 nitrogen and oxygen atoms in total. The molecule has 2 rings (SSSR count). The molecular weight excluding hydrogens is 348 g/mol. The normalized spacial score (nSPS) is 11.3. The monoisotopic (exact) mass is 376 g/mol. The molecule has 6 heteroatoms. The predicted octanol–water partition coefficient (Wildman–Crippen LogP) is 5.34. The van der Waals surface area contributed by atoms with Crippen LogP contribution in [0.5, 0.6) is 11.5 Å². The van der Waals surface area contributed by atoms with Crippen LogP contribution in [0.15, 0.2) is 28.8 Å². The lowest BCUT2D eigenvalue weighted by Crippen LogP contribution is -2.24. The molecule has 0 spiro atoms. The van der Waals surface area contributed by atoms with Gasteiger partial charge in [0, 0.05) is 11.5 Å². The Bertz CT molecular complexity index is 716. The first-order chi connectivity index (χ1) is 12.5. The van der Waals surface area contributed by atoms with Crippen molar-refractivity contribution in [2.45, 2.75) is 51.9 Å². The van der Waals surface area contributed by atoms with Crippen molar-refractivity contribution in [1.29, 1.82) is 0 Å². The Morgan fingerprint density at radius 1 is 1.15 bits per heavy atom. The van der Waals surface area contributed by atoms with Crippen molar-refractivity contribution in [1.82, 2.24) is 5.16 Å². The van der Waals surface area contributed by atoms with Gasteiger partial charge in [0.1, 0.15) is 16.5 Å². The average Bonchev–Trinajstić information content (AvgIpc) is 3.14. The Hall–Kier alpha value is -2.08. The molecule has 1 aromatic carbocycles. The van der Waals surface area contributed by atoms with Crippen LogP contribution in [0.1, 0.15) is 57.7 Å². The van der Waals surface area contributed by atoms with E-state index in [0.29, 0.717) is 27.9 Å². The highest BCUT2D eigenvalue weighted by Crippen LogP contribution is 2.37. The fraction of sp³-hybridized carbons (Fsp3) is 0.500. The molecule has 26 heavy (non-hydrogen) atoms. The summed E-state index contributed by atoms with van der Waals surface area (Å²) in [5.41, 5.74) is 1.71. The van der Waals surface area contributed by atoms with Crippen LogP contribution < -0.4 is 14.8 Å². The van der Waals surface area contributed by atoms with Crippen molar-refractivity contribution in [3.8, 4) is 11.5 Å². The SMILES string of the molecule is CCCC(CC)(CC)c1cc(NC(=S)c2c(OC)cccc2OC)on1. The van der Waals surface area contributed by atoms with E-state index in [4.69, 9.17) is 26.2 Å². The van der Waals surface area contributed by atoms with E-state index in [-0.39, 0.29) is 5.41 Å². The van der Waals surface area contributed by atoms with Gasteiger partial charge < -0.3 is 19.3 Å². The molecule has 0 amide bonds. The molecule has 0 atom stereocenters. The lowest BCUT2D eigenvalue weighted by atomic mass is 9.75. The zero-order chi connectivity index (χ0) is 19.2. The maximum atomic E-state index is 5.56. The number of hydrogen-bond acceptors (Lipinski definition) is 5. The molecule has 0 radical (unpaired) electrons. The van der Waals surface area contributed by atoms with Crippen molar-refractivity contribution in [3.63, 3.8) is 0 Å². The minimum atomic E-state index is 0.0436. The molecule has 1 N–H and O–H groups in total. The lowest BCUT2D eigenvalue weighted by molar-refractivity contribution is 0.323. The number of anilines is 1. The van der Waals surface area contributed by atoms with Gasteiger partial charge >= 0.3 is 0 Å². The summed E-state index contributed by atoms with van der Waals surface area (Å²) in [4.78, 5) is 0.469. The molecule has 2 aromatic rings. The van der Waals surface area contributed by atoms with Crippen molar-refractivity contribution in [3.05, 3.63) is 35.5 Å². The molecular formula is C20H28N2O3S. The summed E-state index contributed by atoms with van der Waals surface area (Å²) in [7, 11) is 3.21. The number of nitrogens with one attached hydrogen (secondary N) is 1. The van der Waals surface area contributed by atoms with E-state index in [1.165, 1.54) is 0 Å². The zero-order valence-electron chi connectivity index (χ0n) is 16.2. The van der Waals surface area contributed by atoms with Crippen LogP contribution in [0.3, 0.4) is 0 Å². The molecule has 0 saturated carbocycles. The predicted molar refractivity (Wildman–Crippen MR) is 109 cm³/mol. The summed E-state index contributed by atoms with van der Waals surface area (Å²) in [6.07, 6.45) is 4.23. The van der Waals surface area contributed by atoms with Gasteiger partial charge in [-0.3, -0.25) is 0 Å². The van der Waals surface area contributed by atoms with Crippen LogP contribution in [0.25, 0.3) is 0 Å². The number of benzene rings is 1. The largest absolute Gasteiger partial charge is 0.496 e. The number of methoxy groups -OCH3 is 2. The van der Waals surface area contributed by atoms with Crippen molar-refractivity contribution in [2.75, 3.05) is 19.5 Å². The average molecular weight is 377 g/mol.